The van der Waals surface area contributed by atoms with E-state index in [0.717, 1.165) is 19.6 Å². The SMILES string of the molecule is C[C@H]1CNCCN1CC(=O)N(C)C1CC1. The van der Waals surface area contributed by atoms with E-state index in [0.29, 0.717) is 18.6 Å². The minimum atomic E-state index is 0.284. The highest BCUT2D eigenvalue weighted by atomic mass is 16.2. The normalized spacial score (nSPS) is 27.7. The lowest BCUT2D eigenvalue weighted by Gasteiger charge is -2.34. The highest BCUT2D eigenvalue weighted by Crippen LogP contribution is 2.25. The Morgan fingerprint density at radius 1 is 1.53 bits per heavy atom. The number of likely N-dealkylation sites (N-methyl/N-ethyl adjacent to an activating group) is 1. The summed E-state index contributed by atoms with van der Waals surface area (Å²) in [6, 6.07) is 1.02. The predicted octanol–water partition coefficient (Wildman–Crippen LogP) is -0.0991. The zero-order chi connectivity index (χ0) is 10.8. The summed E-state index contributed by atoms with van der Waals surface area (Å²) in [5.74, 6) is 0.284. The van der Waals surface area contributed by atoms with Gasteiger partial charge in [-0.3, -0.25) is 9.69 Å². The fourth-order valence-corrected chi connectivity index (χ4v) is 2.07. The van der Waals surface area contributed by atoms with Crippen LogP contribution in [0.4, 0.5) is 0 Å². The van der Waals surface area contributed by atoms with Crippen molar-refractivity contribution in [3.8, 4) is 0 Å². The van der Waals surface area contributed by atoms with Crippen LogP contribution in [0.1, 0.15) is 19.8 Å². The summed E-state index contributed by atoms with van der Waals surface area (Å²) in [4.78, 5) is 16.1. The van der Waals surface area contributed by atoms with Crippen LogP contribution >= 0.6 is 0 Å². The van der Waals surface area contributed by atoms with Gasteiger partial charge in [0, 0.05) is 38.8 Å². The fraction of sp³-hybridized carbons (Fsp3) is 0.909. The van der Waals surface area contributed by atoms with Gasteiger partial charge >= 0.3 is 0 Å². The van der Waals surface area contributed by atoms with Gasteiger partial charge in [0.25, 0.3) is 0 Å². The molecule has 0 unspecified atom stereocenters. The van der Waals surface area contributed by atoms with Crippen LogP contribution in [-0.4, -0.2) is 61.0 Å². The van der Waals surface area contributed by atoms with Gasteiger partial charge in [0.1, 0.15) is 0 Å². The Hall–Kier alpha value is -0.610. The average Bonchev–Trinajstić information content (AvgIpc) is 3.04. The van der Waals surface area contributed by atoms with Crippen LogP contribution in [0.25, 0.3) is 0 Å². The van der Waals surface area contributed by atoms with Gasteiger partial charge in [-0.25, -0.2) is 0 Å². The molecule has 2 rings (SSSR count). The van der Waals surface area contributed by atoms with Crippen LogP contribution in [0.2, 0.25) is 0 Å². The molecule has 1 amide bonds. The van der Waals surface area contributed by atoms with Crippen molar-refractivity contribution in [1.29, 1.82) is 0 Å². The molecule has 1 N–H and O–H groups in total. The molecule has 1 atom stereocenters. The molecule has 1 aliphatic carbocycles. The average molecular weight is 211 g/mol. The second-order valence-corrected chi connectivity index (χ2v) is 4.76. The summed E-state index contributed by atoms with van der Waals surface area (Å²) in [6.07, 6.45) is 2.39. The third-order valence-electron chi connectivity index (χ3n) is 3.47. The summed E-state index contributed by atoms with van der Waals surface area (Å²) in [6.45, 7) is 5.77. The Bertz CT molecular complexity index is 240. The monoisotopic (exact) mass is 211 g/mol. The second kappa shape index (κ2) is 4.49. The van der Waals surface area contributed by atoms with Crippen molar-refractivity contribution in [2.24, 2.45) is 0 Å². The molecule has 1 aliphatic heterocycles. The first-order valence-corrected chi connectivity index (χ1v) is 5.89. The maximum Gasteiger partial charge on any atom is 0.236 e. The van der Waals surface area contributed by atoms with Gasteiger partial charge in [-0.15, -0.1) is 0 Å². The fourth-order valence-electron chi connectivity index (χ4n) is 2.07. The third kappa shape index (κ3) is 2.69. The van der Waals surface area contributed by atoms with Crippen molar-refractivity contribution in [2.45, 2.75) is 31.8 Å². The third-order valence-corrected chi connectivity index (χ3v) is 3.47. The van der Waals surface area contributed by atoms with Gasteiger partial charge in [0.05, 0.1) is 6.54 Å². The van der Waals surface area contributed by atoms with Crippen LogP contribution in [0.5, 0.6) is 0 Å². The van der Waals surface area contributed by atoms with Gasteiger partial charge in [-0.05, 0) is 19.8 Å². The van der Waals surface area contributed by atoms with Crippen LogP contribution in [0.15, 0.2) is 0 Å². The quantitative estimate of drug-likeness (QED) is 0.708. The molecule has 0 radical (unpaired) electrons. The summed E-state index contributed by atoms with van der Waals surface area (Å²) in [5, 5.41) is 3.34. The molecule has 4 heteroatoms. The van der Waals surface area contributed by atoms with Crippen molar-refractivity contribution in [2.75, 3.05) is 33.2 Å². The van der Waals surface area contributed by atoms with E-state index < -0.39 is 0 Å². The summed E-state index contributed by atoms with van der Waals surface area (Å²) in [5.41, 5.74) is 0. The maximum atomic E-state index is 11.9. The van der Waals surface area contributed by atoms with Crippen LogP contribution in [0.3, 0.4) is 0 Å². The molecule has 2 fully saturated rings. The van der Waals surface area contributed by atoms with E-state index >= 15 is 0 Å². The molecule has 0 spiro atoms. The van der Waals surface area contributed by atoms with E-state index in [2.05, 4.69) is 17.1 Å². The first kappa shape index (κ1) is 10.9. The first-order chi connectivity index (χ1) is 7.18. The molecule has 15 heavy (non-hydrogen) atoms. The molecule has 0 aromatic rings. The van der Waals surface area contributed by atoms with Crippen molar-refractivity contribution >= 4 is 5.91 Å². The topological polar surface area (TPSA) is 35.6 Å². The highest BCUT2D eigenvalue weighted by Gasteiger charge is 2.31. The van der Waals surface area contributed by atoms with E-state index in [4.69, 9.17) is 0 Å². The van der Waals surface area contributed by atoms with E-state index in [-0.39, 0.29) is 5.91 Å². The van der Waals surface area contributed by atoms with Crippen molar-refractivity contribution < 1.29 is 4.79 Å². The summed E-state index contributed by atoms with van der Waals surface area (Å²) < 4.78 is 0. The van der Waals surface area contributed by atoms with Crippen molar-refractivity contribution in [3.05, 3.63) is 0 Å². The van der Waals surface area contributed by atoms with Gasteiger partial charge in [0.15, 0.2) is 0 Å². The molecule has 1 saturated heterocycles. The molecule has 0 aromatic carbocycles. The largest absolute Gasteiger partial charge is 0.342 e. The van der Waals surface area contributed by atoms with Crippen LogP contribution < -0.4 is 5.32 Å². The lowest BCUT2D eigenvalue weighted by Crippen LogP contribution is -2.53. The minimum Gasteiger partial charge on any atom is -0.342 e. The van der Waals surface area contributed by atoms with Gasteiger partial charge in [-0.2, -0.15) is 0 Å². The molecule has 86 valence electrons. The predicted molar refractivity (Wildman–Crippen MR) is 59.7 cm³/mol. The molecule has 0 aromatic heterocycles. The Morgan fingerprint density at radius 3 is 2.87 bits per heavy atom. The summed E-state index contributed by atoms with van der Waals surface area (Å²) in [7, 11) is 1.94. The number of carbonyl (C=O) groups is 1. The number of carbonyl (C=O) groups excluding carboxylic acids is 1. The Kier molecular flexibility index (Phi) is 3.26. The van der Waals surface area contributed by atoms with E-state index in [1.54, 1.807) is 0 Å². The van der Waals surface area contributed by atoms with Crippen LogP contribution in [-0.2, 0) is 4.79 Å². The summed E-state index contributed by atoms with van der Waals surface area (Å²) >= 11 is 0. The zero-order valence-corrected chi connectivity index (χ0v) is 9.70. The van der Waals surface area contributed by atoms with Gasteiger partial charge < -0.3 is 10.2 Å². The number of rotatable bonds is 3. The standard InChI is InChI=1S/C11H21N3O/c1-9-7-12-5-6-14(9)8-11(15)13(2)10-3-4-10/h9-10,12H,3-8H2,1-2H3/t9-/m0/s1. The number of hydrogen-bond donors (Lipinski definition) is 1. The lowest BCUT2D eigenvalue weighted by atomic mass is 10.2. The molecular weight excluding hydrogens is 190 g/mol. The van der Waals surface area contributed by atoms with Gasteiger partial charge in [-0.1, -0.05) is 0 Å². The number of amides is 1. The molecular formula is C11H21N3O. The highest BCUT2D eigenvalue weighted by molar-refractivity contribution is 5.78. The minimum absolute atomic E-state index is 0.284. The van der Waals surface area contributed by atoms with E-state index in [9.17, 15) is 4.79 Å². The molecule has 2 aliphatic rings. The van der Waals surface area contributed by atoms with E-state index in [1.807, 2.05) is 11.9 Å². The first-order valence-electron chi connectivity index (χ1n) is 5.89. The van der Waals surface area contributed by atoms with Gasteiger partial charge in [0.2, 0.25) is 5.91 Å². The van der Waals surface area contributed by atoms with Crippen LogP contribution in [0, 0.1) is 0 Å². The van der Waals surface area contributed by atoms with Crippen molar-refractivity contribution in [3.63, 3.8) is 0 Å². The number of hydrogen-bond acceptors (Lipinski definition) is 3. The molecule has 4 nitrogen and oxygen atoms in total. The smallest absolute Gasteiger partial charge is 0.236 e. The van der Waals surface area contributed by atoms with E-state index in [1.165, 1.54) is 12.8 Å². The Balaban J connectivity index is 1.81. The Labute approximate surface area is 91.6 Å². The molecule has 0 bridgehead atoms. The molecule has 1 heterocycles. The van der Waals surface area contributed by atoms with Crippen molar-refractivity contribution in [1.82, 2.24) is 15.1 Å². The lowest BCUT2D eigenvalue weighted by molar-refractivity contribution is -0.132. The number of nitrogens with zero attached hydrogens (tertiary/aromatic N) is 2. The zero-order valence-electron chi connectivity index (χ0n) is 9.70. The molecule has 1 saturated carbocycles. The Morgan fingerprint density at radius 2 is 2.27 bits per heavy atom. The second-order valence-electron chi connectivity index (χ2n) is 4.76. The number of nitrogens with one attached hydrogen (secondary N) is 1. The number of piperazine rings is 1. The maximum absolute atomic E-state index is 11.9.